The Balaban J connectivity index is 0. The highest BCUT2D eigenvalue weighted by molar-refractivity contribution is 5.70. The largest absolute Gasteiger partial charge is 0.503 e. The lowest BCUT2D eigenvalue weighted by Gasteiger charge is -1.81. The zero-order chi connectivity index (χ0) is 8.73. The fourth-order valence-corrected chi connectivity index (χ4v) is 0. The minimum absolute atomic E-state index is 1.83. The Hall–Kier alpha value is -1.40. The molecule has 0 heterocycles. The first-order valence-electron chi connectivity index (χ1n) is 1.80. The minimum atomic E-state index is -3.23. The molecule has 0 unspecified atom stereocenters. The van der Waals surface area contributed by atoms with Gasteiger partial charge in [-0.15, -0.1) is 0 Å². The van der Waals surface area contributed by atoms with Gasteiger partial charge < -0.3 is 15.3 Å². The van der Waals surface area contributed by atoms with E-state index in [4.69, 9.17) is 24.9 Å². The third-order valence-electron chi connectivity index (χ3n) is 0.187. The normalized spacial score (nSPS) is 7.90. The van der Waals surface area contributed by atoms with Gasteiger partial charge in [0, 0.05) is 0 Å². The number of carbonyl (C=O) groups is 2. The van der Waals surface area contributed by atoms with Crippen molar-refractivity contribution in [3.63, 3.8) is 0 Å². The number of hydrogen-bond acceptors (Lipinski definition) is 2. The molecular weight excluding hydrogens is 154 g/mol. The molecule has 0 aromatic heterocycles. The van der Waals surface area contributed by atoms with Gasteiger partial charge in [0.15, 0.2) is 0 Å². The Morgan fingerprint density at radius 2 is 1.20 bits per heavy atom. The maximum atomic E-state index is 10.6. The molecule has 0 aliphatic heterocycles. The maximum Gasteiger partial charge on any atom is 0.503 e. The van der Waals surface area contributed by atoms with Gasteiger partial charge in [-0.05, 0) is 0 Å². The molecule has 5 nitrogen and oxygen atoms in total. The Labute approximate surface area is 53.5 Å². The van der Waals surface area contributed by atoms with Crippen LogP contribution in [0.1, 0.15) is 0 Å². The smallest absolute Gasteiger partial charge is 0.477 e. The van der Waals surface area contributed by atoms with Gasteiger partial charge in [-0.25, -0.2) is 9.59 Å². The van der Waals surface area contributed by atoms with E-state index in [2.05, 4.69) is 0 Å². The van der Waals surface area contributed by atoms with Crippen LogP contribution < -0.4 is 0 Å². The summed E-state index contributed by atoms with van der Waals surface area (Å²) in [4.78, 5) is 17.5. The summed E-state index contributed by atoms with van der Waals surface area (Å²) in [6.45, 7) is 0. The van der Waals surface area contributed by atoms with Crippen molar-refractivity contribution in [1.29, 1.82) is 0 Å². The van der Waals surface area contributed by atoms with Gasteiger partial charge in [-0.1, -0.05) is 0 Å². The van der Waals surface area contributed by atoms with E-state index in [1.165, 1.54) is 0 Å². The van der Waals surface area contributed by atoms with Crippen LogP contribution >= 0.6 is 0 Å². The summed E-state index contributed by atoms with van der Waals surface area (Å²) >= 11 is 0. The van der Waals surface area contributed by atoms with Crippen LogP contribution in [0.5, 0.6) is 0 Å². The third-order valence-corrected chi connectivity index (χ3v) is 0.187. The van der Waals surface area contributed by atoms with Gasteiger partial charge in [-0.3, -0.25) is 0 Å². The van der Waals surface area contributed by atoms with E-state index < -0.39 is 18.6 Å². The summed E-state index contributed by atoms with van der Waals surface area (Å²) < 4.78 is 21.1. The van der Waals surface area contributed by atoms with Gasteiger partial charge in [-0.2, -0.15) is 8.78 Å². The van der Waals surface area contributed by atoms with Gasteiger partial charge in [0.1, 0.15) is 0 Å². The van der Waals surface area contributed by atoms with Crippen LogP contribution in [-0.2, 0) is 4.79 Å². The number of carboxylic acid groups (broad SMARTS) is 3. The SMILES string of the molecule is O=C(O)C(F)F.O=C(O)O. The zero-order valence-electron chi connectivity index (χ0n) is 4.49. The molecule has 0 amide bonds. The number of hydrogen-bond donors (Lipinski definition) is 3. The van der Waals surface area contributed by atoms with Crippen LogP contribution in [0.15, 0.2) is 0 Å². The summed E-state index contributed by atoms with van der Waals surface area (Å²) in [7, 11) is 0. The molecule has 0 aromatic carbocycles. The van der Waals surface area contributed by atoms with Gasteiger partial charge in [0.25, 0.3) is 0 Å². The standard InChI is InChI=1S/C2H2F2O2.CH2O3/c3-1(4)2(5)6;2-1(3)4/h1H,(H,5,6);(H2,2,3,4). The first-order chi connectivity index (χ1) is 4.37. The van der Waals surface area contributed by atoms with Gasteiger partial charge >= 0.3 is 18.6 Å². The lowest BCUT2D eigenvalue weighted by atomic mass is 10.7. The van der Waals surface area contributed by atoms with Gasteiger partial charge in [0.2, 0.25) is 0 Å². The Morgan fingerprint density at radius 3 is 1.20 bits per heavy atom. The third kappa shape index (κ3) is 30.6. The van der Waals surface area contributed by atoms with Crippen molar-refractivity contribution in [3.05, 3.63) is 0 Å². The number of alkyl halides is 2. The Kier molecular flexibility index (Phi) is 6.54. The van der Waals surface area contributed by atoms with E-state index in [9.17, 15) is 8.78 Å². The van der Waals surface area contributed by atoms with E-state index >= 15 is 0 Å². The van der Waals surface area contributed by atoms with E-state index in [1.54, 1.807) is 0 Å². The molecule has 0 aromatic rings. The molecule has 0 aliphatic rings. The summed E-state index contributed by atoms with van der Waals surface area (Å²) in [5, 5.41) is 21.2. The molecule has 60 valence electrons. The predicted molar refractivity (Wildman–Crippen MR) is 24.3 cm³/mol. The molecule has 0 fully saturated rings. The van der Waals surface area contributed by atoms with Crippen molar-refractivity contribution in [2.45, 2.75) is 6.43 Å². The molecule has 0 rings (SSSR count). The molecule has 10 heavy (non-hydrogen) atoms. The summed E-state index contributed by atoms with van der Waals surface area (Å²) in [5.41, 5.74) is 0. The monoisotopic (exact) mass is 158 g/mol. The average Bonchev–Trinajstić information content (AvgIpc) is 1.63. The molecule has 0 atom stereocenters. The second-order valence-corrected chi connectivity index (χ2v) is 0.922. The Bertz CT molecular complexity index is 118. The number of carboxylic acids is 1. The number of rotatable bonds is 1. The zero-order valence-corrected chi connectivity index (χ0v) is 4.49. The van der Waals surface area contributed by atoms with Crippen LogP contribution in [0.3, 0.4) is 0 Å². The van der Waals surface area contributed by atoms with Crippen LogP contribution in [0, 0.1) is 0 Å². The van der Waals surface area contributed by atoms with Crippen molar-refractivity contribution in [1.82, 2.24) is 0 Å². The second kappa shape index (κ2) is 5.73. The first kappa shape index (κ1) is 11.4. The van der Waals surface area contributed by atoms with Crippen LogP contribution in [0.2, 0.25) is 0 Å². The first-order valence-corrected chi connectivity index (χ1v) is 1.80. The fraction of sp³-hybridized carbons (Fsp3) is 0.333. The highest BCUT2D eigenvalue weighted by Gasteiger charge is 2.10. The minimum Gasteiger partial charge on any atom is -0.477 e. The van der Waals surface area contributed by atoms with Crippen LogP contribution in [0.4, 0.5) is 13.6 Å². The van der Waals surface area contributed by atoms with Crippen molar-refractivity contribution in [2.75, 3.05) is 0 Å². The van der Waals surface area contributed by atoms with E-state index in [-0.39, 0.29) is 0 Å². The molecule has 7 heteroatoms. The second-order valence-electron chi connectivity index (χ2n) is 0.922. The highest BCUT2D eigenvalue weighted by Crippen LogP contribution is 1.87. The molecule has 0 saturated heterocycles. The summed E-state index contributed by atoms with van der Waals surface area (Å²) in [6, 6.07) is 0. The molecular formula is C3H4F2O5. The molecule has 0 spiro atoms. The van der Waals surface area contributed by atoms with E-state index in [1.807, 2.05) is 0 Å². The fourth-order valence-electron chi connectivity index (χ4n) is 0. The number of halogens is 2. The van der Waals surface area contributed by atoms with E-state index in [0.717, 1.165) is 0 Å². The van der Waals surface area contributed by atoms with Crippen LogP contribution in [0.25, 0.3) is 0 Å². The molecule has 3 N–H and O–H groups in total. The van der Waals surface area contributed by atoms with Crippen molar-refractivity contribution in [2.24, 2.45) is 0 Å². The number of aliphatic carboxylic acids is 1. The molecule has 0 bridgehead atoms. The lowest BCUT2D eigenvalue weighted by Crippen LogP contribution is -2.06. The topological polar surface area (TPSA) is 94.8 Å². The Morgan fingerprint density at radius 1 is 1.10 bits per heavy atom. The quantitative estimate of drug-likeness (QED) is 0.518. The predicted octanol–water partition coefficient (Wildman–Crippen LogP) is 0.558. The average molecular weight is 158 g/mol. The van der Waals surface area contributed by atoms with E-state index in [0.29, 0.717) is 0 Å². The highest BCUT2D eigenvalue weighted by atomic mass is 19.3. The van der Waals surface area contributed by atoms with Crippen molar-refractivity contribution in [3.8, 4) is 0 Å². The summed E-state index contributed by atoms with van der Waals surface area (Å²) in [5.74, 6) is -2.07. The lowest BCUT2D eigenvalue weighted by molar-refractivity contribution is -0.149. The molecule has 0 radical (unpaired) electrons. The maximum absolute atomic E-state index is 10.6. The molecule has 0 aliphatic carbocycles. The van der Waals surface area contributed by atoms with Crippen molar-refractivity contribution < 1.29 is 33.7 Å². The summed E-state index contributed by atoms with van der Waals surface area (Å²) in [6.07, 6.45) is -5.06. The molecule has 0 saturated carbocycles. The van der Waals surface area contributed by atoms with Crippen LogP contribution in [-0.4, -0.2) is 33.9 Å². The van der Waals surface area contributed by atoms with Crippen molar-refractivity contribution >= 4 is 12.1 Å². The van der Waals surface area contributed by atoms with Gasteiger partial charge in [0.05, 0.1) is 0 Å².